The third-order valence-electron chi connectivity index (χ3n) is 1.96. The number of aromatic amines is 1. The van der Waals surface area contributed by atoms with E-state index in [0.29, 0.717) is 17.1 Å². The lowest BCUT2D eigenvalue weighted by molar-refractivity contribution is 0.102. The number of hydrogen-bond acceptors (Lipinski definition) is 4. The molecule has 0 aliphatic carbocycles. The minimum atomic E-state index is -0.239. The molecule has 6 heteroatoms. The summed E-state index contributed by atoms with van der Waals surface area (Å²) in [6.07, 6.45) is 4.57. The molecule has 2 N–H and O–H groups in total. The summed E-state index contributed by atoms with van der Waals surface area (Å²) in [6, 6.07) is 3.27. The minimum Gasteiger partial charge on any atom is -0.481 e. The summed E-state index contributed by atoms with van der Waals surface area (Å²) < 4.78 is 4.90. The van der Waals surface area contributed by atoms with Crippen LogP contribution in [0.4, 0.5) is 5.69 Å². The molecule has 0 fully saturated rings. The van der Waals surface area contributed by atoms with Crippen LogP contribution in [0.25, 0.3) is 0 Å². The van der Waals surface area contributed by atoms with E-state index < -0.39 is 0 Å². The summed E-state index contributed by atoms with van der Waals surface area (Å²) in [7, 11) is 1.52. The van der Waals surface area contributed by atoms with E-state index in [0.717, 1.165) is 0 Å². The molecule has 0 saturated carbocycles. The van der Waals surface area contributed by atoms with E-state index in [1.807, 2.05) is 0 Å². The maximum absolute atomic E-state index is 11.7. The first-order valence-corrected chi connectivity index (χ1v) is 4.60. The van der Waals surface area contributed by atoms with E-state index in [2.05, 4.69) is 20.5 Å². The van der Waals surface area contributed by atoms with E-state index >= 15 is 0 Å². The molecule has 0 unspecified atom stereocenters. The molecule has 0 bridgehead atoms. The number of nitrogens with one attached hydrogen (secondary N) is 2. The van der Waals surface area contributed by atoms with Crippen LogP contribution in [0.1, 0.15) is 10.4 Å². The van der Waals surface area contributed by atoms with Gasteiger partial charge in [0.2, 0.25) is 5.88 Å². The Labute approximate surface area is 91.7 Å². The van der Waals surface area contributed by atoms with E-state index in [9.17, 15) is 4.79 Å². The Hall–Kier alpha value is -2.37. The van der Waals surface area contributed by atoms with Crippen molar-refractivity contribution >= 4 is 11.6 Å². The molecule has 0 atom stereocenters. The maximum Gasteiger partial charge on any atom is 0.257 e. The van der Waals surface area contributed by atoms with Crippen LogP contribution in [0.2, 0.25) is 0 Å². The first-order chi connectivity index (χ1) is 7.79. The normalized spacial score (nSPS) is 9.81. The predicted octanol–water partition coefficient (Wildman–Crippen LogP) is 1.07. The molecule has 1 amide bonds. The topological polar surface area (TPSA) is 79.9 Å². The van der Waals surface area contributed by atoms with Crippen molar-refractivity contribution in [3.8, 4) is 5.88 Å². The summed E-state index contributed by atoms with van der Waals surface area (Å²) in [5.41, 5.74) is 1.07. The quantitative estimate of drug-likeness (QED) is 0.807. The van der Waals surface area contributed by atoms with Gasteiger partial charge < -0.3 is 10.1 Å². The predicted molar refractivity (Wildman–Crippen MR) is 57.3 cm³/mol. The molecule has 0 radical (unpaired) electrons. The molecule has 2 aromatic heterocycles. The van der Waals surface area contributed by atoms with E-state index in [4.69, 9.17) is 4.74 Å². The van der Waals surface area contributed by atoms with Crippen LogP contribution in [0.3, 0.4) is 0 Å². The highest BCUT2D eigenvalue weighted by atomic mass is 16.5. The first-order valence-electron chi connectivity index (χ1n) is 4.60. The fraction of sp³-hybridized carbons (Fsp3) is 0.100. The van der Waals surface area contributed by atoms with Crippen LogP contribution in [0, 0.1) is 0 Å². The molecule has 16 heavy (non-hydrogen) atoms. The lowest BCUT2D eigenvalue weighted by atomic mass is 10.2. The third kappa shape index (κ3) is 2.17. The Morgan fingerprint density at radius 2 is 2.31 bits per heavy atom. The van der Waals surface area contributed by atoms with Gasteiger partial charge in [0.1, 0.15) is 0 Å². The lowest BCUT2D eigenvalue weighted by Crippen LogP contribution is -2.11. The lowest BCUT2D eigenvalue weighted by Gasteiger charge is -2.02. The molecular weight excluding hydrogens is 208 g/mol. The van der Waals surface area contributed by atoms with Gasteiger partial charge in [-0.1, -0.05) is 0 Å². The van der Waals surface area contributed by atoms with Gasteiger partial charge in [0.05, 0.1) is 24.6 Å². The van der Waals surface area contributed by atoms with Gasteiger partial charge in [0.15, 0.2) is 0 Å². The molecule has 2 aromatic rings. The van der Waals surface area contributed by atoms with Crippen LogP contribution in [0.15, 0.2) is 30.7 Å². The van der Waals surface area contributed by atoms with E-state index in [-0.39, 0.29) is 5.91 Å². The average molecular weight is 218 g/mol. The summed E-state index contributed by atoms with van der Waals surface area (Å²) in [5.74, 6) is 0.233. The number of nitrogens with zero attached hydrogens (tertiary/aromatic N) is 2. The van der Waals surface area contributed by atoms with Gasteiger partial charge in [-0.25, -0.2) is 4.98 Å². The Morgan fingerprint density at radius 1 is 1.44 bits per heavy atom. The smallest absolute Gasteiger partial charge is 0.257 e. The molecule has 0 aliphatic rings. The summed E-state index contributed by atoms with van der Waals surface area (Å²) in [6.45, 7) is 0. The number of methoxy groups -OCH3 is 1. The highest BCUT2D eigenvalue weighted by Crippen LogP contribution is 2.09. The number of anilines is 1. The minimum absolute atomic E-state index is 0.239. The second-order valence-electron chi connectivity index (χ2n) is 3.03. The van der Waals surface area contributed by atoms with Crippen LogP contribution >= 0.6 is 0 Å². The number of carbonyl (C=O) groups is 1. The fourth-order valence-corrected chi connectivity index (χ4v) is 1.16. The average Bonchev–Trinajstić information content (AvgIpc) is 2.82. The highest BCUT2D eigenvalue weighted by molar-refractivity contribution is 6.03. The number of hydrogen-bond donors (Lipinski definition) is 2. The Morgan fingerprint density at radius 3 is 2.88 bits per heavy atom. The zero-order valence-corrected chi connectivity index (χ0v) is 8.60. The maximum atomic E-state index is 11.7. The van der Waals surface area contributed by atoms with Gasteiger partial charge in [0.25, 0.3) is 5.91 Å². The second kappa shape index (κ2) is 4.43. The van der Waals surface area contributed by atoms with Gasteiger partial charge in [-0.15, -0.1) is 0 Å². The summed E-state index contributed by atoms with van der Waals surface area (Å²) in [5, 5.41) is 8.99. The van der Waals surface area contributed by atoms with Crippen molar-refractivity contribution in [2.45, 2.75) is 0 Å². The van der Waals surface area contributed by atoms with Gasteiger partial charge in [0, 0.05) is 18.5 Å². The molecule has 0 saturated heterocycles. The van der Waals surface area contributed by atoms with Crippen molar-refractivity contribution in [2.24, 2.45) is 0 Å². The van der Waals surface area contributed by atoms with Crippen LogP contribution < -0.4 is 10.1 Å². The van der Waals surface area contributed by atoms with E-state index in [1.165, 1.54) is 19.5 Å². The second-order valence-corrected chi connectivity index (χ2v) is 3.03. The zero-order valence-electron chi connectivity index (χ0n) is 8.60. The van der Waals surface area contributed by atoms with Crippen LogP contribution in [-0.2, 0) is 0 Å². The first kappa shape index (κ1) is 10.2. The van der Waals surface area contributed by atoms with Crippen molar-refractivity contribution < 1.29 is 9.53 Å². The molecule has 0 aliphatic heterocycles. The molecule has 2 rings (SSSR count). The highest BCUT2D eigenvalue weighted by Gasteiger charge is 2.07. The number of ether oxygens (including phenoxy) is 1. The van der Waals surface area contributed by atoms with E-state index in [1.54, 1.807) is 18.3 Å². The van der Waals surface area contributed by atoms with Crippen molar-refractivity contribution in [3.63, 3.8) is 0 Å². The SMILES string of the molecule is COc1ccc(C(=O)Nc2cn[nH]c2)cn1. The number of carbonyl (C=O) groups excluding carboxylic acids is 1. The van der Waals surface area contributed by atoms with Crippen LogP contribution in [0.5, 0.6) is 5.88 Å². The number of amides is 1. The molecule has 2 heterocycles. The van der Waals surface area contributed by atoms with Crippen molar-refractivity contribution in [1.29, 1.82) is 0 Å². The zero-order chi connectivity index (χ0) is 11.4. The van der Waals surface area contributed by atoms with Crippen molar-refractivity contribution in [3.05, 3.63) is 36.3 Å². The Kier molecular flexibility index (Phi) is 2.81. The Bertz CT molecular complexity index is 464. The molecule has 82 valence electrons. The van der Waals surface area contributed by atoms with Crippen molar-refractivity contribution in [1.82, 2.24) is 15.2 Å². The largest absolute Gasteiger partial charge is 0.481 e. The molecule has 0 aromatic carbocycles. The van der Waals surface area contributed by atoms with Gasteiger partial charge in [-0.05, 0) is 6.07 Å². The van der Waals surface area contributed by atoms with Gasteiger partial charge >= 0.3 is 0 Å². The number of aromatic nitrogens is 3. The number of pyridine rings is 1. The number of H-pyrrole nitrogens is 1. The molecule has 0 spiro atoms. The van der Waals surface area contributed by atoms with Gasteiger partial charge in [-0.3, -0.25) is 9.89 Å². The third-order valence-corrected chi connectivity index (χ3v) is 1.96. The standard InChI is InChI=1S/C10H10N4O2/c1-16-9-3-2-7(4-11-9)10(15)14-8-5-12-13-6-8/h2-6H,1H3,(H,12,13)(H,14,15). The monoisotopic (exact) mass is 218 g/mol. The Balaban J connectivity index is 2.09. The summed E-state index contributed by atoms with van der Waals surface area (Å²) in [4.78, 5) is 15.6. The number of rotatable bonds is 3. The summed E-state index contributed by atoms with van der Waals surface area (Å²) >= 11 is 0. The molecule has 6 nitrogen and oxygen atoms in total. The molecular formula is C10H10N4O2. The fourth-order valence-electron chi connectivity index (χ4n) is 1.16. The van der Waals surface area contributed by atoms with Crippen LogP contribution in [-0.4, -0.2) is 28.2 Å². The van der Waals surface area contributed by atoms with Crippen molar-refractivity contribution in [2.75, 3.05) is 12.4 Å². The van der Waals surface area contributed by atoms with Gasteiger partial charge in [-0.2, -0.15) is 5.10 Å².